The Labute approximate surface area is 223 Å². The van der Waals surface area contributed by atoms with Crippen LogP contribution in [0, 0.1) is 6.92 Å². The van der Waals surface area contributed by atoms with Gasteiger partial charge in [-0.2, -0.15) is 0 Å². The first kappa shape index (κ1) is 26.8. The van der Waals surface area contributed by atoms with Crippen LogP contribution >= 0.6 is 35.3 Å². The van der Waals surface area contributed by atoms with Gasteiger partial charge in [0.2, 0.25) is 0 Å². The summed E-state index contributed by atoms with van der Waals surface area (Å²) in [5.41, 5.74) is 3.39. The topological polar surface area (TPSA) is 90.9 Å². The Morgan fingerprint density at radius 3 is 2.00 bits per heavy atom. The Morgan fingerprint density at radius 2 is 1.44 bits per heavy atom. The summed E-state index contributed by atoms with van der Waals surface area (Å²) in [6, 6.07) is 6.17. The van der Waals surface area contributed by atoms with E-state index in [-0.39, 0.29) is 29.6 Å². The lowest BCUT2D eigenvalue weighted by atomic mass is 9.86. The number of aryl methyl sites for hydroxylation is 1. The Bertz CT molecular complexity index is 1200. The molecule has 0 bridgehead atoms. The van der Waals surface area contributed by atoms with Gasteiger partial charge in [0.25, 0.3) is 0 Å². The highest BCUT2D eigenvalue weighted by atomic mass is 32.2. The van der Waals surface area contributed by atoms with E-state index in [1.807, 2.05) is 25.1 Å². The molecular weight excluding hydrogens is 518 g/mol. The van der Waals surface area contributed by atoms with Crippen LogP contribution in [0.3, 0.4) is 0 Å². The van der Waals surface area contributed by atoms with Crippen LogP contribution < -0.4 is 5.32 Å². The Balaban J connectivity index is 1.96. The van der Waals surface area contributed by atoms with Crippen molar-refractivity contribution in [3.63, 3.8) is 0 Å². The average molecular weight is 548 g/mol. The summed E-state index contributed by atoms with van der Waals surface area (Å²) < 4.78 is 15.0. The number of benzene rings is 1. The molecule has 36 heavy (non-hydrogen) atoms. The summed E-state index contributed by atoms with van der Waals surface area (Å²) in [6.07, 6.45) is 1.82. The van der Waals surface area contributed by atoms with E-state index in [1.54, 1.807) is 20.8 Å². The van der Waals surface area contributed by atoms with Crippen LogP contribution in [0.15, 0.2) is 43.9 Å². The quantitative estimate of drug-likeness (QED) is 0.357. The number of hydrogen-bond donors (Lipinski definition) is 1. The summed E-state index contributed by atoms with van der Waals surface area (Å²) >= 11 is 3.81. The number of carbonyl (C=O) groups excluding carboxylic acids is 3. The molecule has 7 nitrogen and oxygen atoms in total. The highest BCUT2D eigenvalue weighted by Gasteiger charge is 2.54. The molecular formula is C26H29NO6S3. The average Bonchev–Trinajstić information content (AvgIpc) is 3.19. The van der Waals surface area contributed by atoms with Crippen molar-refractivity contribution in [3.8, 4) is 0 Å². The van der Waals surface area contributed by atoms with E-state index in [0.717, 1.165) is 27.3 Å². The van der Waals surface area contributed by atoms with Crippen molar-refractivity contribution in [1.29, 1.82) is 0 Å². The second-order valence-electron chi connectivity index (χ2n) is 8.81. The van der Waals surface area contributed by atoms with Crippen LogP contribution in [0.5, 0.6) is 0 Å². The smallest absolute Gasteiger partial charge is 0.346 e. The molecule has 0 radical (unpaired) electrons. The molecule has 3 aliphatic rings. The largest absolute Gasteiger partial charge is 0.462 e. The molecule has 10 heteroatoms. The van der Waals surface area contributed by atoms with Crippen molar-refractivity contribution < 1.29 is 28.6 Å². The zero-order valence-corrected chi connectivity index (χ0v) is 23.6. The Morgan fingerprint density at radius 1 is 0.889 bits per heavy atom. The number of nitrogens with one attached hydrogen (secondary N) is 1. The van der Waals surface area contributed by atoms with Crippen molar-refractivity contribution in [1.82, 2.24) is 0 Å². The monoisotopic (exact) mass is 547 g/mol. The zero-order chi connectivity index (χ0) is 26.3. The first-order valence-corrected chi connectivity index (χ1v) is 14.2. The number of anilines is 1. The van der Waals surface area contributed by atoms with E-state index in [1.165, 1.54) is 35.3 Å². The summed E-state index contributed by atoms with van der Waals surface area (Å²) in [4.78, 5) is 40.8. The molecule has 0 aromatic heterocycles. The van der Waals surface area contributed by atoms with Gasteiger partial charge in [-0.25, -0.2) is 14.4 Å². The maximum Gasteiger partial charge on any atom is 0.346 e. The van der Waals surface area contributed by atoms with Gasteiger partial charge in [-0.05, 0) is 59.8 Å². The number of hydrogen-bond acceptors (Lipinski definition) is 10. The van der Waals surface area contributed by atoms with E-state index >= 15 is 0 Å². The molecule has 4 rings (SSSR count). The number of rotatable bonds is 6. The van der Waals surface area contributed by atoms with Crippen LogP contribution in [0.4, 0.5) is 5.69 Å². The molecule has 3 heterocycles. The van der Waals surface area contributed by atoms with E-state index < -0.39 is 27.5 Å². The second kappa shape index (κ2) is 10.2. The lowest BCUT2D eigenvalue weighted by Gasteiger charge is -2.45. The molecule has 3 aliphatic heterocycles. The van der Waals surface area contributed by atoms with Crippen LogP contribution in [0.1, 0.15) is 45.7 Å². The molecule has 192 valence electrons. The normalized spacial score (nSPS) is 19.2. The molecule has 0 unspecified atom stereocenters. The highest BCUT2D eigenvalue weighted by Crippen LogP contribution is 2.67. The first-order valence-electron chi connectivity index (χ1n) is 11.8. The molecule has 0 saturated heterocycles. The van der Waals surface area contributed by atoms with Gasteiger partial charge in [0.05, 0.1) is 30.3 Å². The van der Waals surface area contributed by atoms with Crippen LogP contribution in [-0.2, 0) is 28.6 Å². The molecule has 0 fully saturated rings. The molecule has 1 aromatic carbocycles. The van der Waals surface area contributed by atoms with Crippen molar-refractivity contribution in [2.24, 2.45) is 0 Å². The number of ether oxygens (including phenoxy) is 3. The molecule has 0 aliphatic carbocycles. The van der Waals surface area contributed by atoms with Gasteiger partial charge < -0.3 is 19.5 Å². The van der Waals surface area contributed by atoms with Gasteiger partial charge in [0.15, 0.2) is 0 Å². The number of fused-ring (bicyclic) bond motifs is 3. The summed E-state index contributed by atoms with van der Waals surface area (Å²) in [6.45, 7) is 11.9. The molecule has 0 atom stereocenters. The van der Waals surface area contributed by atoms with E-state index in [0.29, 0.717) is 4.91 Å². The molecule has 0 saturated carbocycles. The van der Waals surface area contributed by atoms with E-state index in [2.05, 4.69) is 25.2 Å². The molecule has 0 amide bonds. The number of thioether (sulfide) groups is 3. The standard InChI is InChI=1S/C26H29NO6S3/c1-7-31-22(28)17-13-26(35-19(23(29)32-8-2)20(36-26)24(30)33-9-3)18-15-12-14(4)10-11-16(15)27-25(5,6)21(18)34-17/h10-13,27H,7-9H2,1-6H3. The third-order valence-electron chi connectivity index (χ3n) is 5.68. The van der Waals surface area contributed by atoms with Crippen LogP contribution in [0.2, 0.25) is 0 Å². The van der Waals surface area contributed by atoms with Crippen molar-refractivity contribution >= 4 is 64.5 Å². The number of carbonyl (C=O) groups is 3. The SMILES string of the molecule is CCOC(=O)C1=CC2(SC(C(=O)OCC)=C(C(=O)OCC)S2)C2=C(S1)C(C)(C)Nc1ccc(C)cc12. The third-order valence-corrected chi connectivity index (χ3v) is 10.1. The lowest BCUT2D eigenvalue weighted by Crippen LogP contribution is -2.41. The minimum absolute atomic E-state index is 0.170. The minimum Gasteiger partial charge on any atom is -0.462 e. The van der Waals surface area contributed by atoms with Crippen molar-refractivity contribution in [3.05, 3.63) is 55.0 Å². The fourth-order valence-corrected chi connectivity index (χ4v) is 8.95. The predicted molar refractivity (Wildman–Crippen MR) is 146 cm³/mol. The zero-order valence-electron chi connectivity index (χ0n) is 21.1. The summed E-state index contributed by atoms with van der Waals surface area (Å²) in [5, 5.41) is 3.60. The minimum atomic E-state index is -0.977. The van der Waals surface area contributed by atoms with Crippen molar-refractivity contribution in [2.75, 3.05) is 25.1 Å². The van der Waals surface area contributed by atoms with Gasteiger partial charge in [-0.15, -0.1) is 0 Å². The molecule has 1 spiro atoms. The highest BCUT2D eigenvalue weighted by molar-refractivity contribution is 8.26. The fourth-order valence-electron chi connectivity index (χ4n) is 4.25. The van der Waals surface area contributed by atoms with Crippen LogP contribution in [-0.4, -0.2) is 47.3 Å². The van der Waals surface area contributed by atoms with Gasteiger partial charge in [0.1, 0.15) is 13.9 Å². The van der Waals surface area contributed by atoms with Gasteiger partial charge in [-0.3, -0.25) is 0 Å². The Kier molecular flexibility index (Phi) is 7.60. The fraction of sp³-hybridized carbons (Fsp3) is 0.423. The van der Waals surface area contributed by atoms with Crippen LogP contribution in [0.25, 0.3) is 5.57 Å². The second-order valence-corrected chi connectivity index (χ2v) is 12.6. The van der Waals surface area contributed by atoms with Crippen molar-refractivity contribution in [2.45, 2.75) is 51.2 Å². The maximum atomic E-state index is 13.0. The number of esters is 3. The van der Waals surface area contributed by atoms with Gasteiger partial charge in [0, 0.05) is 21.7 Å². The maximum absolute atomic E-state index is 13.0. The Hall–Kier alpha value is -2.30. The summed E-state index contributed by atoms with van der Waals surface area (Å²) in [7, 11) is 0. The van der Waals surface area contributed by atoms with Gasteiger partial charge >= 0.3 is 17.9 Å². The summed E-state index contributed by atoms with van der Waals surface area (Å²) in [5.74, 6) is -1.61. The molecule has 1 aromatic rings. The first-order chi connectivity index (χ1) is 17.1. The third kappa shape index (κ3) is 4.70. The molecule has 1 N–H and O–H groups in total. The van der Waals surface area contributed by atoms with Gasteiger partial charge in [-0.1, -0.05) is 46.9 Å². The van der Waals surface area contributed by atoms with E-state index in [9.17, 15) is 14.4 Å². The van der Waals surface area contributed by atoms with E-state index in [4.69, 9.17) is 14.2 Å². The lowest BCUT2D eigenvalue weighted by molar-refractivity contribution is -0.140. The predicted octanol–water partition coefficient (Wildman–Crippen LogP) is 5.62.